The van der Waals surface area contributed by atoms with Gasteiger partial charge in [0.2, 0.25) is 0 Å². The van der Waals surface area contributed by atoms with Crippen molar-refractivity contribution in [3.8, 4) is 0 Å². The summed E-state index contributed by atoms with van der Waals surface area (Å²) in [6.45, 7) is 3.34. The van der Waals surface area contributed by atoms with Crippen molar-refractivity contribution in [1.29, 1.82) is 0 Å². The van der Waals surface area contributed by atoms with Gasteiger partial charge in [-0.15, -0.1) is 0 Å². The van der Waals surface area contributed by atoms with Gasteiger partial charge in [-0.05, 0) is 6.26 Å². The first kappa shape index (κ1) is 11.5. The predicted molar refractivity (Wildman–Crippen MR) is 66.4 cm³/mol. The van der Waals surface area contributed by atoms with E-state index in [1.807, 2.05) is 19.4 Å². The van der Waals surface area contributed by atoms with Crippen molar-refractivity contribution < 1.29 is 4.74 Å². The van der Waals surface area contributed by atoms with Gasteiger partial charge in [-0.1, -0.05) is 11.8 Å². The maximum absolute atomic E-state index is 5.33. The lowest BCUT2D eigenvalue weighted by Gasteiger charge is -2.28. The summed E-state index contributed by atoms with van der Waals surface area (Å²) in [7, 11) is 1.87. The largest absolute Gasteiger partial charge is 0.378 e. The van der Waals surface area contributed by atoms with Gasteiger partial charge in [0, 0.05) is 26.2 Å². The fourth-order valence-electron chi connectivity index (χ4n) is 1.59. The van der Waals surface area contributed by atoms with Crippen molar-refractivity contribution in [1.82, 2.24) is 9.97 Å². The van der Waals surface area contributed by atoms with Crippen LogP contribution in [0.15, 0.2) is 11.2 Å². The number of nitrogens with zero attached hydrogens (tertiary/aromatic N) is 3. The Bertz CT molecular complexity index is 332. The molecule has 2 rings (SSSR count). The zero-order valence-electron chi connectivity index (χ0n) is 9.56. The Balaban J connectivity index is 2.24. The molecule has 1 aliphatic rings. The molecule has 1 aromatic rings. The molecule has 2 heterocycles. The van der Waals surface area contributed by atoms with Crippen molar-refractivity contribution >= 4 is 23.4 Å². The molecule has 0 atom stereocenters. The molecule has 88 valence electrons. The van der Waals surface area contributed by atoms with Crippen LogP contribution in [0, 0.1) is 0 Å². The summed E-state index contributed by atoms with van der Waals surface area (Å²) in [6.07, 6.45) is 1.98. The lowest BCUT2D eigenvalue weighted by molar-refractivity contribution is 0.122. The maximum Gasteiger partial charge on any atom is 0.191 e. The molecule has 5 nitrogen and oxygen atoms in total. The fraction of sp³-hybridized carbons (Fsp3) is 0.600. The topological polar surface area (TPSA) is 50.3 Å². The first-order valence-electron chi connectivity index (χ1n) is 5.27. The van der Waals surface area contributed by atoms with E-state index in [4.69, 9.17) is 4.74 Å². The van der Waals surface area contributed by atoms with Crippen LogP contribution in [0.4, 0.5) is 11.6 Å². The first-order valence-corrected chi connectivity index (χ1v) is 6.49. The molecule has 0 saturated carbocycles. The minimum absolute atomic E-state index is 0.771. The summed E-state index contributed by atoms with van der Waals surface area (Å²) < 4.78 is 5.33. The van der Waals surface area contributed by atoms with Crippen molar-refractivity contribution in [3.63, 3.8) is 0 Å². The van der Waals surface area contributed by atoms with E-state index in [1.165, 1.54) is 0 Å². The molecule has 0 bridgehead atoms. The van der Waals surface area contributed by atoms with E-state index in [0.29, 0.717) is 0 Å². The summed E-state index contributed by atoms with van der Waals surface area (Å²) in [5, 5.41) is 3.86. The third kappa shape index (κ3) is 2.56. The zero-order valence-corrected chi connectivity index (χ0v) is 10.4. The van der Waals surface area contributed by atoms with Crippen molar-refractivity contribution in [2.45, 2.75) is 5.16 Å². The Morgan fingerprint density at radius 1 is 1.38 bits per heavy atom. The highest BCUT2D eigenvalue weighted by Gasteiger charge is 2.14. The molecule has 6 heteroatoms. The van der Waals surface area contributed by atoms with Gasteiger partial charge in [-0.3, -0.25) is 0 Å². The van der Waals surface area contributed by atoms with E-state index in [9.17, 15) is 0 Å². The number of nitrogens with one attached hydrogen (secondary N) is 1. The molecule has 1 saturated heterocycles. The smallest absolute Gasteiger partial charge is 0.191 e. The SMILES string of the molecule is CNc1cc(N2CCOCC2)nc(SC)n1. The summed E-state index contributed by atoms with van der Waals surface area (Å²) in [5.41, 5.74) is 0. The zero-order chi connectivity index (χ0) is 11.4. The Morgan fingerprint density at radius 3 is 2.75 bits per heavy atom. The second kappa shape index (κ2) is 5.36. The van der Waals surface area contributed by atoms with Gasteiger partial charge in [0.15, 0.2) is 5.16 Å². The molecule has 0 radical (unpaired) electrons. The van der Waals surface area contributed by atoms with Crippen LogP contribution in [-0.2, 0) is 4.74 Å². The molecule has 1 N–H and O–H groups in total. The second-order valence-corrected chi connectivity index (χ2v) is 4.22. The maximum atomic E-state index is 5.33. The average molecular weight is 240 g/mol. The Hall–Kier alpha value is -1.01. The minimum Gasteiger partial charge on any atom is -0.378 e. The lowest BCUT2D eigenvalue weighted by Crippen LogP contribution is -2.36. The number of morpholine rings is 1. The van der Waals surface area contributed by atoms with Crippen LogP contribution in [0.2, 0.25) is 0 Å². The number of thioether (sulfide) groups is 1. The number of anilines is 2. The highest BCUT2D eigenvalue weighted by Crippen LogP contribution is 2.20. The molecule has 1 fully saturated rings. The third-order valence-corrected chi connectivity index (χ3v) is 3.01. The summed E-state index contributed by atoms with van der Waals surface area (Å²) in [5.74, 6) is 1.84. The van der Waals surface area contributed by atoms with Gasteiger partial charge in [0.25, 0.3) is 0 Å². The minimum atomic E-state index is 0.771. The first-order chi connectivity index (χ1) is 7.83. The summed E-state index contributed by atoms with van der Waals surface area (Å²) >= 11 is 1.56. The number of hydrogen-bond acceptors (Lipinski definition) is 6. The van der Waals surface area contributed by atoms with Gasteiger partial charge in [0.1, 0.15) is 11.6 Å². The Kier molecular flexibility index (Phi) is 3.84. The standard InChI is InChI=1S/C10H16N4OS/c1-11-8-7-9(13-10(12-8)16-2)14-3-5-15-6-4-14/h7H,3-6H2,1-2H3,(H,11,12,13). The van der Waals surface area contributed by atoms with E-state index in [-0.39, 0.29) is 0 Å². The fourth-order valence-corrected chi connectivity index (χ4v) is 1.96. The van der Waals surface area contributed by atoms with Crippen LogP contribution >= 0.6 is 11.8 Å². The van der Waals surface area contributed by atoms with E-state index < -0.39 is 0 Å². The Labute approximate surface area is 99.6 Å². The number of hydrogen-bond donors (Lipinski definition) is 1. The van der Waals surface area contributed by atoms with Crippen LogP contribution in [0.3, 0.4) is 0 Å². The van der Waals surface area contributed by atoms with E-state index >= 15 is 0 Å². The van der Waals surface area contributed by atoms with Crippen LogP contribution in [0.25, 0.3) is 0 Å². The van der Waals surface area contributed by atoms with Gasteiger partial charge in [-0.25, -0.2) is 9.97 Å². The Morgan fingerprint density at radius 2 is 2.12 bits per heavy atom. The summed E-state index contributed by atoms with van der Waals surface area (Å²) in [4.78, 5) is 11.1. The van der Waals surface area contributed by atoms with Crippen molar-refractivity contribution in [2.75, 3.05) is 49.8 Å². The molecule has 0 amide bonds. The monoisotopic (exact) mass is 240 g/mol. The van der Waals surface area contributed by atoms with Crippen LogP contribution in [-0.4, -0.2) is 49.6 Å². The quantitative estimate of drug-likeness (QED) is 0.630. The van der Waals surface area contributed by atoms with E-state index in [2.05, 4.69) is 20.2 Å². The molecule has 0 spiro atoms. The highest BCUT2D eigenvalue weighted by molar-refractivity contribution is 7.98. The summed E-state index contributed by atoms with van der Waals surface area (Å²) in [6, 6.07) is 1.98. The van der Waals surface area contributed by atoms with Crippen LogP contribution < -0.4 is 10.2 Å². The molecule has 1 aliphatic heterocycles. The van der Waals surface area contributed by atoms with Gasteiger partial charge >= 0.3 is 0 Å². The third-order valence-electron chi connectivity index (χ3n) is 2.47. The van der Waals surface area contributed by atoms with E-state index in [0.717, 1.165) is 43.1 Å². The lowest BCUT2D eigenvalue weighted by atomic mass is 10.4. The number of aromatic nitrogens is 2. The van der Waals surface area contributed by atoms with Crippen molar-refractivity contribution in [2.24, 2.45) is 0 Å². The normalized spacial score (nSPS) is 16.2. The molecule has 0 unspecified atom stereocenters. The van der Waals surface area contributed by atoms with E-state index in [1.54, 1.807) is 11.8 Å². The van der Waals surface area contributed by atoms with Gasteiger partial charge < -0.3 is 15.0 Å². The molecule has 0 aromatic carbocycles. The van der Waals surface area contributed by atoms with Crippen LogP contribution in [0.1, 0.15) is 0 Å². The molecular formula is C10H16N4OS. The highest BCUT2D eigenvalue weighted by atomic mass is 32.2. The molecule has 16 heavy (non-hydrogen) atoms. The molecule has 0 aliphatic carbocycles. The average Bonchev–Trinajstić information content (AvgIpc) is 2.39. The van der Waals surface area contributed by atoms with Crippen LogP contribution in [0.5, 0.6) is 0 Å². The van der Waals surface area contributed by atoms with Gasteiger partial charge in [0.05, 0.1) is 13.2 Å². The number of rotatable bonds is 3. The van der Waals surface area contributed by atoms with Crippen molar-refractivity contribution in [3.05, 3.63) is 6.07 Å². The second-order valence-electron chi connectivity index (χ2n) is 3.45. The predicted octanol–water partition coefficient (Wildman–Crippen LogP) is 1.08. The molecular weight excluding hydrogens is 224 g/mol. The van der Waals surface area contributed by atoms with Gasteiger partial charge in [-0.2, -0.15) is 0 Å². The number of ether oxygens (including phenoxy) is 1. The molecule has 1 aromatic heterocycles.